The molecule has 0 bridgehead atoms. The number of nitrogens with zero attached hydrogens (tertiary/aromatic N) is 1. The van der Waals surface area contributed by atoms with Crippen LogP contribution in [-0.2, 0) is 4.79 Å². The summed E-state index contributed by atoms with van der Waals surface area (Å²) >= 11 is 0. The van der Waals surface area contributed by atoms with Gasteiger partial charge in [0.05, 0.1) is 6.54 Å². The predicted octanol–water partition coefficient (Wildman–Crippen LogP) is 1.37. The Kier molecular flexibility index (Phi) is 7.28. The van der Waals surface area contributed by atoms with Gasteiger partial charge in [0.25, 0.3) is 0 Å². The minimum atomic E-state index is 0.147. The van der Waals surface area contributed by atoms with Crippen molar-refractivity contribution >= 4 is 5.91 Å². The maximum absolute atomic E-state index is 11.7. The van der Waals surface area contributed by atoms with Gasteiger partial charge in [-0.1, -0.05) is 19.3 Å². The normalized spacial score (nSPS) is 17.4. The monoisotopic (exact) mass is 255 g/mol. The van der Waals surface area contributed by atoms with E-state index in [0.717, 1.165) is 25.9 Å². The second-order valence-corrected chi connectivity index (χ2v) is 5.65. The zero-order valence-corrected chi connectivity index (χ0v) is 12.2. The van der Waals surface area contributed by atoms with E-state index in [4.69, 9.17) is 0 Å². The Labute approximate surface area is 111 Å². The standard InChI is InChI=1S/C14H29N3O/c1-12(2)17(3)10-9-15-11-14(18)16-13-7-5-4-6-8-13/h12-13,15H,4-11H2,1-3H3,(H,16,18). The Morgan fingerprint density at radius 1 is 1.28 bits per heavy atom. The van der Waals surface area contributed by atoms with E-state index in [9.17, 15) is 4.79 Å². The van der Waals surface area contributed by atoms with Gasteiger partial charge in [-0.25, -0.2) is 0 Å². The Bertz CT molecular complexity index is 237. The first kappa shape index (κ1) is 15.4. The van der Waals surface area contributed by atoms with Crippen LogP contribution in [0.2, 0.25) is 0 Å². The zero-order chi connectivity index (χ0) is 13.4. The van der Waals surface area contributed by atoms with E-state index in [0.29, 0.717) is 18.6 Å². The van der Waals surface area contributed by atoms with Crippen LogP contribution >= 0.6 is 0 Å². The molecular weight excluding hydrogens is 226 g/mol. The summed E-state index contributed by atoms with van der Waals surface area (Å²) < 4.78 is 0. The average Bonchev–Trinajstić information content (AvgIpc) is 2.35. The van der Waals surface area contributed by atoms with Crippen LogP contribution in [0.25, 0.3) is 0 Å². The van der Waals surface area contributed by atoms with Gasteiger partial charge >= 0.3 is 0 Å². The molecule has 18 heavy (non-hydrogen) atoms. The molecule has 0 unspecified atom stereocenters. The molecular formula is C14H29N3O. The topological polar surface area (TPSA) is 44.4 Å². The molecule has 0 spiro atoms. The highest BCUT2D eigenvalue weighted by atomic mass is 16.1. The van der Waals surface area contributed by atoms with Crippen molar-refractivity contribution in [3.63, 3.8) is 0 Å². The maximum atomic E-state index is 11.7. The first-order valence-electron chi connectivity index (χ1n) is 7.30. The fraction of sp³-hybridized carbons (Fsp3) is 0.929. The van der Waals surface area contributed by atoms with Gasteiger partial charge in [-0.2, -0.15) is 0 Å². The van der Waals surface area contributed by atoms with Gasteiger partial charge < -0.3 is 15.5 Å². The molecule has 0 radical (unpaired) electrons. The molecule has 0 heterocycles. The first-order chi connectivity index (χ1) is 8.59. The maximum Gasteiger partial charge on any atom is 0.234 e. The number of nitrogens with one attached hydrogen (secondary N) is 2. The summed E-state index contributed by atoms with van der Waals surface area (Å²) in [4.78, 5) is 14.0. The minimum Gasteiger partial charge on any atom is -0.352 e. The van der Waals surface area contributed by atoms with Crippen molar-refractivity contribution in [2.45, 2.75) is 58.0 Å². The molecule has 0 aliphatic heterocycles. The van der Waals surface area contributed by atoms with E-state index in [-0.39, 0.29) is 5.91 Å². The Morgan fingerprint density at radius 2 is 1.94 bits per heavy atom. The van der Waals surface area contributed by atoms with Crippen LogP contribution in [0.5, 0.6) is 0 Å². The van der Waals surface area contributed by atoms with Gasteiger partial charge in [0.2, 0.25) is 5.91 Å². The van der Waals surface area contributed by atoms with Crippen molar-refractivity contribution in [3.8, 4) is 0 Å². The summed E-state index contributed by atoms with van der Waals surface area (Å²) in [6.07, 6.45) is 6.16. The van der Waals surface area contributed by atoms with Gasteiger partial charge in [-0.05, 0) is 33.7 Å². The third-order valence-electron chi connectivity index (χ3n) is 3.78. The lowest BCUT2D eigenvalue weighted by Gasteiger charge is -2.23. The van der Waals surface area contributed by atoms with Crippen molar-refractivity contribution < 1.29 is 4.79 Å². The van der Waals surface area contributed by atoms with E-state index in [2.05, 4.69) is 36.4 Å². The number of hydrogen-bond donors (Lipinski definition) is 2. The van der Waals surface area contributed by atoms with Crippen LogP contribution in [0.4, 0.5) is 0 Å². The zero-order valence-electron chi connectivity index (χ0n) is 12.2. The Balaban J connectivity index is 2.02. The summed E-state index contributed by atoms with van der Waals surface area (Å²) in [7, 11) is 2.11. The second kappa shape index (κ2) is 8.48. The largest absolute Gasteiger partial charge is 0.352 e. The van der Waals surface area contributed by atoms with Gasteiger partial charge in [0, 0.05) is 25.2 Å². The number of amides is 1. The molecule has 0 aromatic rings. The number of carbonyl (C=O) groups is 1. The highest BCUT2D eigenvalue weighted by Crippen LogP contribution is 2.16. The third kappa shape index (κ3) is 6.36. The molecule has 0 aromatic carbocycles. The van der Waals surface area contributed by atoms with Crippen LogP contribution in [0, 0.1) is 0 Å². The average molecular weight is 255 g/mol. The summed E-state index contributed by atoms with van der Waals surface area (Å²) in [5, 5.41) is 6.32. The molecule has 0 saturated heterocycles. The van der Waals surface area contributed by atoms with Crippen LogP contribution in [0.15, 0.2) is 0 Å². The van der Waals surface area contributed by atoms with E-state index < -0.39 is 0 Å². The fourth-order valence-corrected chi connectivity index (χ4v) is 2.24. The SMILES string of the molecule is CC(C)N(C)CCNCC(=O)NC1CCCCC1. The highest BCUT2D eigenvalue weighted by molar-refractivity contribution is 5.78. The molecule has 0 atom stereocenters. The summed E-state index contributed by atoms with van der Waals surface area (Å²) in [5.74, 6) is 0.147. The molecule has 1 amide bonds. The Hall–Kier alpha value is -0.610. The van der Waals surface area contributed by atoms with Crippen LogP contribution in [0.1, 0.15) is 46.0 Å². The van der Waals surface area contributed by atoms with E-state index in [1.54, 1.807) is 0 Å². The van der Waals surface area contributed by atoms with Crippen molar-refractivity contribution in [2.75, 3.05) is 26.7 Å². The molecule has 1 fully saturated rings. The molecule has 1 saturated carbocycles. The van der Waals surface area contributed by atoms with Crippen molar-refractivity contribution in [3.05, 3.63) is 0 Å². The summed E-state index contributed by atoms with van der Waals surface area (Å²) in [5.41, 5.74) is 0. The van der Waals surface area contributed by atoms with E-state index in [1.807, 2.05) is 0 Å². The van der Waals surface area contributed by atoms with Gasteiger partial charge in [0.1, 0.15) is 0 Å². The van der Waals surface area contributed by atoms with Crippen molar-refractivity contribution in [1.82, 2.24) is 15.5 Å². The number of hydrogen-bond acceptors (Lipinski definition) is 3. The first-order valence-corrected chi connectivity index (χ1v) is 7.30. The molecule has 1 aliphatic rings. The van der Waals surface area contributed by atoms with E-state index >= 15 is 0 Å². The quantitative estimate of drug-likeness (QED) is 0.675. The van der Waals surface area contributed by atoms with Gasteiger partial charge in [-0.3, -0.25) is 4.79 Å². The number of carbonyl (C=O) groups excluding carboxylic acids is 1. The highest BCUT2D eigenvalue weighted by Gasteiger charge is 2.15. The Morgan fingerprint density at radius 3 is 2.56 bits per heavy atom. The van der Waals surface area contributed by atoms with Crippen LogP contribution in [-0.4, -0.2) is 49.6 Å². The molecule has 2 N–H and O–H groups in total. The predicted molar refractivity (Wildman–Crippen MR) is 75.7 cm³/mol. The molecule has 1 rings (SSSR count). The molecule has 4 nitrogen and oxygen atoms in total. The summed E-state index contributed by atoms with van der Waals surface area (Å²) in [6.45, 7) is 6.65. The number of likely N-dealkylation sites (N-methyl/N-ethyl adjacent to an activating group) is 1. The molecule has 0 aromatic heterocycles. The third-order valence-corrected chi connectivity index (χ3v) is 3.78. The lowest BCUT2D eigenvalue weighted by molar-refractivity contribution is -0.121. The van der Waals surface area contributed by atoms with Gasteiger partial charge in [0.15, 0.2) is 0 Å². The lowest BCUT2D eigenvalue weighted by atomic mass is 9.95. The van der Waals surface area contributed by atoms with E-state index in [1.165, 1.54) is 19.3 Å². The van der Waals surface area contributed by atoms with Crippen molar-refractivity contribution in [2.24, 2.45) is 0 Å². The summed E-state index contributed by atoms with van der Waals surface area (Å²) in [6, 6.07) is 0.981. The van der Waals surface area contributed by atoms with Crippen LogP contribution < -0.4 is 10.6 Å². The molecule has 4 heteroatoms. The molecule has 1 aliphatic carbocycles. The van der Waals surface area contributed by atoms with Crippen LogP contribution in [0.3, 0.4) is 0 Å². The van der Waals surface area contributed by atoms with Crippen molar-refractivity contribution in [1.29, 1.82) is 0 Å². The number of rotatable bonds is 7. The minimum absolute atomic E-state index is 0.147. The smallest absolute Gasteiger partial charge is 0.234 e. The fourth-order valence-electron chi connectivity index (χ4n) is 2.24. The molecule has 106 valence electrons. The second-order valence-electron chi connectivity index (χ2n) is 5.65. The lowest BCUT2D eigenvalue weighted by Crippen LogP contribution is -2.43. The van der Waals surface area contributed by atoms with Gasteiger partial charge in [-0.15, -0.1) is 0 Å².